The quantitative estimate of drug-likeness (QED) is 0.835. The summed E-state index contributed by atoms with van der Waals surface area (Å²) in [5, 5.41) is 13.6. The Morgan fingerprint density at radius 3 is 2.63 bits per heavy atom. The molecule has 1 aromatic carbocycles. The molecule has 0 unspecified atom stereocenters. The number of hydrogen-bond donors (Lipinski definition) is 0. The van der Waals surface area contributed by atoms with Crippen LogP contribution in [-0.2, 0) is 13.0 Å². The number of benzene rings is 1. The predicted octanol–water partition coefficient (Wildman–Crippen LogP) is 3.40. The number of allylic oxidation sites excluding steroid dienone is 1. The topological polar surface area (TPSA) is 41.6 Å². The SMILES string of the molecule is C/C=C\c1c(CC)c(C#N)nn1Cc1ccccc1. The van der Waals surface area contributed by atoms with Crippen molar-refractivity contribution in [2.75, 3.05) is 0 Å². The van der Waals surface area contributed by atoms with Gasteiger partial charge in [0.15, 0.2) is 5.69 Å². The third-order valence-corrected chi connectivity index (χ3v) is 3.05. The van der Waals surface area contributed by atoms with Crippen molar-refractivity contribution >= 4 is 6.08 Å². The first-order valence-electron chi connectivity index (χ1n) is 6.46. The van der Waals surface area contributed by atoms with Crippen LogP contribution in [0, 0.1) is 11.3 Å². The van der Waals surface area contributed by atoms with Gasteiger partial charge in [0, 0.05) is 5.56 Å². The molecule has 3 heteroatoms. The van der Waals surface area contributed by atoms with Gasteiger partial charge in [-0.3, -0.25) is 4.68 Å². The summed E-state index contributed by atoms with van der Waals surface area (Å²) in [4.78, 5) is 0. The average molecular weight is 251 g/mol. The van der Waals surface area contributed by atoms with Crippen LogP contribution in [-0.4, -0.2) is 9.78 Å². The van der Waals surface area contributed by atoms with Crippen LogP contribution in [0.15, 0.2) is 36.4 Å². The normalized spacial score (nSPS) is 10.8. The highest BCUT2D eigenvalue weighted by Crippen LogP contribution is 2.18. The molecular weight excluding hydrogens is 234 g/mol. The molecule has 0 aliphatic heterocycles. The van der Waals surface area contributed by atoms with Crippen molar-refractivity contribution in [1.82, 2.24) is 9.78 Å². The van der Waals surface area contributed by atoms with Crippen LogP contribution in [0.1, 0.15) is 36.4 Å². The zero-order chi connectivity index (χ0) is 13.7. The summed E-state index contributed by atoms with van der Waals surface area (Å²) in [7, 11) is 0. The van der Waals surface area contributed by atoms with Gasteiger partial charge in [-0.05, 0) is 25.0 Å². The number of nitriles is 1. The Morgan fingerprint density at radius 1 is 1.32 bits per heavy atom. The van der Waals surface area contributed by atoms with E-state index >= 15 is 0 Å². The Labute approximate surface area is 113 Å². The second-order valence-corrected chi connectivity index (χ2v) is 4.32. The van der Waals surface area contributed by atoms with Crippen molar-refractivity contribution in [1.29, 1.82) is 5.26 Å². The van der Waals surface area contributed by atoms with Crippen molar-refractivity contribution in [3.8, 4) is 6.07 Å². The van der Waals surface area contributed by atoms with Crippen LogP contribution >= 0.6 is 0 Å². The third kappa shape index (κ3) is 2.74. The summed E-state index contributed by atoms with van der Waals surface area (Å²) >= 11 is 0. The molecule has 1 aromatic heterocycles. The number of nitrogens with zero attached hydrogens (tertiary/aromatic N) is 3. The van der Waals surface area contributed by atoms with E-state index in [1.54, 1.807) is 0 Å². The lowest BCUT2D eigenvalue weighted by Crippen LogP contribution is -2.04. The van der Waals surface area contributed by atoms with Crippen molar-refractivity contribution in [2.24, 2.45) is 0 Å². The first-order chi connectivity index (χ1) is 9.30. The highest BCUT2D eigenvalue weighted by atomic mass is 15.3. The predicted molar refractivity (Wildman–Crippen MR) is 76.6 cm³/mol. The number of hydrogen-bond acceptors (Lipinski definition) is 2. The molecule has 0 spiro atoms. The lowest BCUT2D eigenvalue weighted by Gasteiger charge is -2.05. The largest absolute Gasteiger partial charge is 0.259 e. The monoisotopic (exact) mass is 251 g/mol. The molecule has 0 saturated heterocycles. The number of rotatable bonds is 4. The molecule has 0 bridgehead atoms. The fourth-order valence-corrected chi connectivity index (χ4v) is 2.17. The van der Waals surface area contributed by atoms with Crippen LogP contribution < -0.4 is 0 Å². The second-order valence-electron chi connectivity index (χ2n) is 4.32. The number of aromatic nitrogens is 2. The molecule has 96 valence electrons. The molecule has 0 radical (unpaired) electrons. The molecule has 1 heterocycles. The van der Waals surface area contributed by atoms with Crippen LogP contribution in [0.2, 0.25) is 0 Å². The van der Waals surface area contributed by atoms with E-state index in [0.717, 1.165) is 17.7 Å². The maximum Gasteiger partial charge on any atom is 0.166 e. The lowest BCUT2D eigenvalue weighted by molar-refractivity contribution is 0.677. The van der Waals surface area contributed by atoms with E-state index in [2.05, 4.69) is 30.2 Å². The molecule has 2 rings (SSSR count). The molecule has 2 aromatic rings. The Hall–Kier alpha value is -2.34. The van der Waals surface area contributed by atoms with Crippen molar-refractivity contribution in [2.45, 2.75) is 26.8 Å². The standard InChI is InChI=1S/C16H17N3/c1-3-8-16-14(4-2)15(11-17)18-19(16)12-13-9-6-5-7-10-13/h3,5-10H,4,12H2,1-2H3/b8-3-. The van der Waals surface area contributed by atoms with E-state index in [4.69, 9.17) is 0 Å². The smallest absolute Gasteiger partial charge is 0.166 e. The molecule has 0 aliphatic carbocycles. The van der Waals surface area contributed by atoms with E-state index in [1.165, 1.54) is 5.56 Å². The van der Waals surface area contributed by atoms with Crippen molar-refractivity contribution in [3.05, 3.63) is 58.9 Å². The highest BCUT2D eigenvalue weighted by molar-refractivity contribution is 5.53. The lowest BCUT2D eigenvalue weighted by atomic mass is 10.1. The van der Waals surface area contributed by atoms with Gasteiger partial charge in [-0.2, -0.15) is 10.4 Å². The van der Waals surface area contributed by atoms with E-state index in [-0.39, 0.29) is 0 Å². The minimum Gasteiger partial charge on any atom is -0.259 e. The fraction of sp³-hybridized carbons (Fsp3) is 0.250. The Morgan fingerprint density at radius 2 is 2.05 bits per heavy atom. The summed E-state index contributed by atoms with van der Waals surface area (Å²) in [6.07, 6.45) is 4.83. The molecule has 0 N–H and O–H groups in total. The fourth-order valence-electron chi connectivity index (χ4n) is 2.17. The molecule has 0 atom stereocenters. The van der Waals surface area contributed by atoms with E-state index in [0.29, 0.717) is 12.2 Å². The van der Waals surface area contributed by atoms with Crippen LogP contribution in [0.25, 0.3) is 6.08 Å². The maximum atomic E-state index is 9.17. The summed E-state index contributed by atoms with van der Waals surface area (Å²) in [5.41, 5.74) is 3.77. The van der Waals surface area contributed by atoms with Gasteiger partial charge < -0.3 is 0 Å². The van der Waals surface area contributed by atoms with Gasteiger partial charge in [0.05, 0.1) is 12.2 Å². The Bertz CT molecular complexity index is 615. The van der Waals surface area contributed by atoms with Gasteiger partial charge in [0.2, 0.25) is 0 Å². The Kier molecular flexibility index (Phi) is 4.15. The van der Waals surface area contributed by atoms with Crippen molar-refractivity contribution < 1.29 is 0 Å². The van der Waals surface area contributed by atoms with Gasteiger partial charge in [-0.1, -0.05) is 43.3 Å². The van der Waals surface area contributed by atoms with Crippen LogP contribution in [0.3, 0.4) is 0 Å². The third-order valence-electron chi connectivity index (χ3n) is 3.05. The zero-order valence-electron chi connectivity index (χ0n) is 11.3. The van der Waals surface area contributed by atoms with Gasteiger partial charge in [0.25, 0.3) is 0 Å². The highest BCUT2D eigenvalue weighted by Gasteiger charge is 2.14. The van der Waals surface area contributed by atoms with Gasteiger partial charge >= 0.3 is 0 Å². The molecule has 19 heavy (non-hydrogen) atoms. The Balaban J connectivity index is 2.45. The maximum absolute atomic E-state index is 9.17. The van der Waals surface area contributed by atoms with Crippen LogP contribution in [0.5, 0.6) is 0 Å². The molecule has 3 nitrogen and oxygen atoms in total. The first kappa shape index (κ1) is 13.1. The minimum absolute atomic E-state index is 0.534. The molecule has 0 fully saturated rings. The molecule has 0 saturated carbocycles. The summed E-state index contributed by atoms with van der Waals surface area (Å²) in [6, 6.07) is 12.3. The van der Waals surface area contributed by atoms with E-state index < -0.39 is 0 Å². The minimum atomic E-state index is 0.534. The zero-order valence-corrected chi connectivity index (χ0v) is 11.3. The summed E-state index contributed by atoms with van der Waals surface area (Å²) in [6.45, 7) is 4.72. The van der Waals surface area contributed by atoms with E-state index in [9.17, 15) is 5.26 Å². The molecule has 0 amide bonds. The molecular formula is C16H17N3. The van der Waals surface area contributed by atoms with Crippen molar-refractivity contribution in [3.63, 3.8) is 0 Å². The van der Waals surface area contributed by atoms with Gasteiger partial charge in [0.1, 0.15) is 6.07 Å². The van der Waals surface area contributed by atoms with Gasteiger partial charge in [-0.15, -0.1) is 0 Å². The molecule has 0 aliphatic rings. The second kappa shape index (κ2) is 6.01. The summed E-state index contributed by atoms with van der Waals surface area (Å²) < 4.78 is 1.91. The van der Waals surface area contributed by atoms with Gasteiger partial charge in [-0.25, -0.2) is 0 Å². The average Bonchev–Trinajstić information content (AvgIpc) is 2.77. The van der Waals surface area contributed by atoms with E-state index in [1.807, 2.05) is 42.0 Å². The summed E-state index contributed by atoms with van der Waals surface area (Å²) in [5.74, 6) is 0. The van der Waals surface area contributed by atoms with Crippen LogP contribution in [0.4, 0.5) is 0 Å². The first-order valence-corrected chi connectivity index (χ1v) is 6.46.